The molecule has 1 amide bonds. The van der Waals surface area contributed by atoms with Crippen LogP contribution in [0.2, 0.25) is 0 Å². The van der Waals surface area contributed by atoms with Crippen molar-refractivity contribution < 1.29 is 9.90 Å². The quantitative estimate of drug-likeness (QED) is 0.839. The third-order valence-electron chi connectivity index (χ3n) is 3.63. The van der Waals surface area contributed by atoms with Crippen LogP contribution in [0, 0.1) is 5.92 Å². The van der Waals surface area contributed by atoms with Gasteiger partial charge in [0.1, 0.15) is 0 Å². The second-order valence-electron chi connectivity index (χ2n) is 5.09. The Labute approximate surface area is 108 Å². The number of hydrogen-bond donors (Lipinski definition) is 2. The molecule has 0 aromatic heterocycles. The van der Waals surface area contributed by atoms with Crippen LogP contribution in [-0.4, -0.2) is 17.6 Å². The first kappa shape index (κ1) is 13.1. The van der Waals surface area contributed by atoms with Crippen molar-refractivity contribution in [2.45, 2.75) is 38.2 Å². The van der Waals surface area contributed by atoms with E-state index < -0.39 is 6.10 Å². The molecule has 0 aliphatic heterocycles. The van der Waals surface area contributed by atoms with Crippen LogP contribution in [-0.2, 0) is 4.79 Å². The molecule has 0 spiro atoms. The number of aliphatic hydroxyl groups excluding tert-OH is 1. The molecule has 2 N–H and O–H groups in total. The molecule has 3 nitrogen and oxygen atoms in total. The Hall–Kier alpha value is -1.35. The molecular weight excluding hydrogens is 226 g/mol. The number of nitrogens with one attached hydrogen (secondary N) is 1. The van der Waals surface area contributed by atoms with E-state index in [0.717, 1.165) is 5.56 Å². The van der Waals surface area contributed by atoms with Gasteiger partial charge in [-0.3, -0.25) is 4.79 Å². The van der Waals surface area contributed by atoms with Crippen molar-refractivity contribution in [2.24, 2.45) is 5.92 Å². The fraction of sp³-hybridized carbons (Fsp3) is 0.533. The maximum absolute atomic E-state index is 11.7. The van der Waals surface area contributed by atoms with Gasteiger partial charge in [0.15, 0.2) is 0 Å². The van der Waals surface area contributed by atoms with Gasteiger partial charge >= 0.3 is 0 Å². The number of carbonyl (C=O) groups excluding carboxylic acids is 1. The van der Waals surface area contributed by atoms with E-state index in [1.807, 2.05) is 30.3 Å². The highest BCUT2D eigenvalue weighted by Gasteiger charge is 2.18. The predicted octanol–water partition coefficient (Wildman–Crippen LogP) is 2.42. The molecule has 1 atom stereocenters. The predicted molar refractivity (Wildman–Crippen MR) is 71.0 cm³/mol. The zero-order chi connectivity index (χ0) is 12.8. The van der Waals surface area contributed by atoms with Crippen molar-refractivity contribution in [1.29, 1.82) is 0 Å². The highest BCUT2D eigenvalue weighted by atomic mass is 16.3. The van der Waals surface area contributed by atoms with Gasteiger partial charge in [-0.05, 0) is 24.3 Å². The summed E-state index contributed by atoms with van der Waals surface area (Å²) in [6.45, 7) is 0.301. The first-order valence-corrected chi connectivity index (χ1v) is 6.75. The van der Waals surface area contributed by atoms with Gasteiger partial charge in [-0.2, -0.15) is 0 Å². The summed E-state index contributed by atoms with van der Waals surface area (Å²) in [6, 6.07) is 9.42. The number of rotatable bonds is 5. The summed E-state index contributed by atoms with van der Waals surface area (Å²) in [5, 5.41) is 12.7. The lowest BCUT2D eigenvalue weighted by Gasteiger charge is -2.13. The van der Waals surface area contributed by atoms with Crippen LogP contribution >= 0.6 is 0 Å². The summed E-state index contributed by atoms with van der Waals surface area (Å²) in [4.78, 5) is 11.7. The normalized spacial score (nSPS) is 17.6. The Morgan fingerprint density at radius 2 is 1.94 bits per heavy atom. The fourth-order valence-electron chi connectivity index (χ4n) is 2.55. The minimum absolute atomic E-state index is 0.0666. The highest BCUT2D eigenvalue weighted by Crippen LogP contribution is 2.27. The van der Waals surface area contributed by atoms with Crippen molar-refractivity contribution >= 4 is 5.91 Å². The minimum Gasteiger partial charge on any atom is -0.387 e. The van der Waals surface area contributed by atoms with Gasteiger partial charge in [-0.1, -0.05) is 43.2 Å². The van der Waals surface area contributed by atoms with Crippen LogP contribution in [0.25, 0.3) is 0 Å². The number of aliphatic hydroxyl groups is 1. The minimum atomic E-state index is -0.612. The van der Waals surface area contributed by atoms with E-state index in [1.54, 1.807) is 0 Å². The molecule has 3 heteroatoms. The summed E-state index contributed by atoms with van der Waals surface area (Å²) in [7, 11) is 0. The molecule has 98 valence electrons. The third-order valence-corrected chi connectivity index (χ3v) is 3.63. The Kier molecular flexibility index (Phi) is 4.76. The molecule has 0 saturated heterocycles. The van der Waals surface area contributed by atoms with Crippen molar-refractivity contribution in [2.75, 3.05) is 6.54 Å². The Morgan fingerprint density at radius 3 is 2.61 bits per heavy atom. The number of carbonyl (C=O) groups is 1. The van der Waals surface area contributed by atoms with E-state index in [-0.39, 0.29) is 5.91 Å². The van der Waals surface area contributed by atoms with Crippen LogP contribution in [0.4, 0.5) is 0 Å². The lowest BCUT2D eigenvalue weighted by Crippen LogP contribution is -2.29. The van der Waals surface area contributed by atoms with Crippen molar-refractivity contribution in [3.63, 3.8) is 0 Å². The van der Waals surface area contributed by atoms with Crippen molar-refractivity contribution in [1.82, 2.24) is 5.32 Å². The second-order valence-corrected chi connectivity index (χ2v) is 5.09. The Morgan fingerprint density at radius 1 is 1.28 bits per heavy atom. The van der Waals surface area contributed by atoms with Gasteiger partial charge in [0.05, 0.1) is 6.10 Å². The summed E-state index contributed by atoms with van der Waals surface area (Å²) < 4.78 is 0. The Bertz CT molecular complexity index is 371. The second kappa shape index (κ2) is 6.55. The van der Waals surface area contributed by atoms with Gasteiger partial charge < -0.3 is 10.4 Å². The van der Waals surface area contributed by atoms with E-state index in [2.05, 4.69) is 5.32 Å². The van der Waals surface area contributed by atoms with Crippen LogP contribution in [0.3, 0.4) is 0 Å². The van der Waals surface area contributed by atoms with E-state index in [9.17, 15) is 9.90 Å². The Balaban J connectivity index is 1.72. The molecule has 1 saturated carbocycles. The van der Waals surface area contributed by atoms with Crippen LogP contribution in [0.15, 0.2) is 30.3 Å². The summed E-state index contributed by atoms with van der Waals surface area (Å²) >= 11 is 0. The number of amides is 1. The molecule has 1 aliphatic rings. The van der Waals surface area contributed by atoms with E-state index in [1.165, 1.54) is 25.7 Å². The topological polar surface area (TPSA) is 49.3 Å². The van der Waals surface area contributed by atoms with Crippen molar-refractivity contribution in [3.05, 3.63) is 35.9 Å². The molecule has 0 bridgehead atoms. The average molecular weight is 247 g/mol. The summed E-state index contributed by atoms with van der Waals surface area (Å²) in [5.41, 5.74) is 0.846. The van der Waals surface area contributed by atoms with Gasteiger partial charge in [0.2, 0.25) is 5.91 Å². The number of hydrogen-bond acceptors (Lipinski definition) is 2. The maximum Gasteiger partial charge on any atom is 0.220 e. The monoisotopic (exact) mass is 247 g/mol. The lowest BCUT2D eigenvalue weighted by atomic mass is 10.0. The van der Waals surface area contributed by atoms with Gasteiger partial charge in [-0.15, -0.1) is 0 Å². The van der Waals surface area contributed by atoms with Gasteiger partial charge in [0.25, 0.3) is 0 Å². The molecule has 1 aliphatic carbocycles. The molecule has 0 radical (unpaired) electrons. The molecular formula is C15H21NO2. The maximum atomic E-state index is 11.7. The summed E-state index contributed by atoms with van der Waals surface area (Å²) in [5.74, 6) is 0.621. The molecule has 0 heterocycles. The van der Waals surface area contributed by atoms with E-state index >= 15 is 0 Å². The first-order valence-electron chi connectivity index (χ1n) is 6.75. The zero-order valence-electron chi connectivity index (χ0n) is 10.6. The molecule has 1 aromatic carbocycles. The SMILES string of the molecule is O=C(CC1CCCC1)NCC(O)c1ccccc1. The van der Waals surface area contributed by atoms with Crippen LogP contribution < -0.4 is 5.32 Å². The van der Waals surface area contributed by atoms with Crippen LogP contribution in [0.5, 0.6) is 0 Å². The number of benzene rings is 1. The molecule has 2 rings (SSSR count). The molecule has 1 fully saturated rings. The lowest BCUT2D eigenvalue weighted by molar-refractivity contribution is -0.122. The van der Waals surface area contributed by atoms with Crippen molar-refractivity contribution in [3.8, 4) is 0 Å². The fourth-order valence-corrected chi connectivity index (χ4v) is 2.55. The molecule has 18 heavy (non-hydrogen) atoms. The standard InChI is InChI=1S/C15H21NO2/c17-14(13-8-2-1-3-9-13)11-16-15(18)10-12-6-4-5-7-12/h1-3,8-9,12,14,17H,4-7,10-11H2,(H,16,18). The van der Waals surface area contributed by atoms with E-state index in [4.69, 9.17) is 0 Å². The van der Waals surface area contributed by atoms with Gasteiger partial charge in [0, 0.05) is 13.0 Å². The molecule has 1 aromatic rings. The largest absolute Gasteiger partial charge is 0.387 e. The summed E-state index contributed by atoms with van der Waals surface area (Å²) in [6.07, 6.45) is 4.86. The van der Waals surface area contributed by atoms with E-state index in [0.29, 0.717) is 18.9 Å². The average Bonchev–Trinajstić information content (AvgIpc) is 2.90. The van der Waals surface area contributed by atoms with Crippen LogP contribution in [0.1, 0.15) is 43.8 Å². The molecule has 1 unspecified atom stereocenters. The smallest absolute Gasteiger partial charge is 0.220 e. The zero-order valence-corrected chi connectivity index (χ0v) is 10.6. The third kappa shape index (κ3) is 3.84. The highest BCUT2D eigenvalue weighted by molar-refractivity contribution is 5.76. The van der Waals surface area contributed by atoms with Gasteiger partial charge in [-0.25, -0.2) is 0 Å². The first-order chi connectivity index (χ1) is 8.75.